The number of ether oxygens (including phenoxy) is 1. The molecule has 0 spiro atoms. The highest BCUT2D eigenvalue weighted by Crippen LogP contribution is 2.32. The maximum Gasteiger partial charge on any atom is 0.325 e. The fourth-order valence-electron chi connectivity index (χ4n) is 2.83. The first-order valence-corrected chi connectivity index (χ1v) is 8.96. The summed E-state index contributed by atoms with van der Waals surface area (Å²) in [6, 6.07) is 5.90. The molecule has 28 heavy (non-hydrogen) atoms. The van der Waals surface area contributed by atoms with Gasteiger partial charge in [0.2, 0.25) is 0 Å². The number of urea groups is 1. The molecule has 3 rings (SSSR count). The second-order valence-corrected chi connectivity index (χ2v) is 6.70. The Balaban J connectivity index is 1.71. The quantitative estimate of drug-likeness (QED) is 0.613. The van der Waals surface area contributed by atoms with E-state index in [9.17, 15) is 15.0 Å². The van der Waals surface area contributed by atoms with Gasteiger partial charge < -0.3 is 20.3 Å². The summed E-state index contributed by atoms with van der Waals surface area (Å²) in [4.78, 5) is 20.0. The van der Waals surface area contributed by atoms with Gasteiger partial charge in [-0.1, -0.05) is 11.6 Å². The zero-order valence-corrected chi connectivity index (χ0v) is 15.4. The maximum absolute atomic E-state index is 12.3. The van der Waals surface area contributed by atoms with E-state index in [0.717, 1.165) is 6.42 Å². The highest BCUT2D eigenvalue weighted by Gasteiger charge is 2.32. The average Bonchev–Trinajstić information content (AvgIpc) is 2.68. The number of nitrogens with one attached hydrogen (secondary N) is 2. The summed E-state index contributed by atoms with van der Waals surface area (Å²) in [5, 5.41) is 34.1. The predicted molar refractivity (Wildman–Crippen MR) is 101 cm³/mol. The summed E-state index contributed by atoms with van der Waals surface area (Å²) >= 11 is 6.02. The summed E-state index contributed by atoms with van der Waals surface area (Å²) in [5.41, 5.74) is 0.420. The van der Waals surface area contributed by atoms with Crippen molar-refractivity contribution in [3.05, 3.63) is 41.3 Å². The lowest BCUT2D eigenvalue weighted by atomic mass is 9.92. The van der Waals surface area contributed by atoms with Crippen LogP contribution in [0.2, 0.25) is 5.02 Å². The molecule has 1 aliphatic carbocycles. The number of nitriles is 1. The largest absolute Gasteiger partial charge is 0.485 e. The number of halogens is 1. The van der Waals surface area contributed by atoms with Crippen LogP contribution in [0.3, 0.4) is 0 Å². The number of carbonyl (C=O) groups excluding carboxylic acids is 1. The molecule has 2 aromatic rings. The van der Waals surface area contributed by atoms with Crippen molar-refractivity contribution in [3.8, 4) is 11.8 Å². The molecule has 1 saturated carbocycles. The van der Waals surface area contributed by atoms with Crippen LogP contribution in [-0.4, -0.2) is 44.5 Å². The van der Waals surface area contributed by atoms with E-state index < -0.39 is 24.3 Å². The fourth-order valence-corrected chi connectivity index (χ4v) is 3.00. The van der Waals surface area contributed by atoms with Gasteiger partial charge in [0.15, 0.2) is 11.5 Å². The van der Waals surface area contributed by atoms with Gasteiger partial charge in [-0.25, -0.2) is 14.8 Å². The highest BCUT2D eigenvalue weighted by molar-refractivity contribution is 6.31. The first-order chi connectivity index (χ1) is 13.5. The summed E-state index contributed by atoms with van der Waals surface area (Å²) in [7, 11) is 0. The zero-order valence-electron chi connectivity index (χ0n) is 14.7. The van der Waals surface area contributed by atoms with Gasteiger partial charge in [0.25, 0.3) is 0 Å². The van der Waals surface area contributed by atoms with E-state index in [-0.39, 0.29) is 11.5 Å². The Hall–Kier alpha value is -2.93. The Morgan fingerprint density at radius 1 is 1.25 bits per heavy atom. The monoisotopic (exact) mass is 403 g/mol. The van der Waals surface area contributed by atoms with E-state index >= 15 is 0 Å². The van der Waals surface area contributed by atoms with Crippen LogP contribution in [-0.2, 0) is 0 Å². The Labute approximate surface area is 166 Å². The molecule has 2 amide bonds. The standard InChI is InChI=1S/C18H18ClN5O4/c19-10-4-5-14(28-15-3-1-2-13(25)17(15)26)12(6-10)23-18(27)24-16-9-21-11(7-20)8-22-16/h4-6,8-9,13,15,17,25-26H,1-3H2,(H2,22,23,24,27). The number of hydrogen-bond acceptors (Lipinski definition) is 7. The van der Waals surface area contributed by atoms with Crippen LogP contribution < -0.4 is 15.4 Å². The summed E-state index contributed by atoms with van der Waals surface area (Å²) in [6.07, 6.45) is 1.84. The molecule has 3 atom stereocenters. The van der Waals surface area contributed by atoms with Gasteiger partial charge in [-0.05, 0) is 37.5 Å². The number of hydrogen-bond donors (Lipinski definition) is 4. The first-order valence-electron chi connectivity index (χ1n) is 8.59. The molecule has 0 saturated heterocycles. The summed E-state index contributed by atoms with van der Waals surface area (Å²) in [6.45, 7) is 0. The molecule has 0 radical (unpaired) electrons. The van der Waals surface area contributed by atoms with Crippen molar-refractivity contribution in [1.82, 2.24) is 9.97 Å². The van der Waals surface area contributed by atoms with Crippen molar-refractivity contribution in [1.29, 1.82) is 5.26 Å². The van der Waals surface area contributed by atoms with Gasteiger partial charge >= 0.3 is 6.03 Å². The van der Waals surface area contributed by atoms with Gasteiger partial charge in [-0.3, -0.25) is 5.32 Å². The molecule has 4 N–H and O–H groups in total. The molecule has 146 valence electrons. The molecule has 1 fully saturated rings. The molecule has 10 heteroatoms. The van der Waals surface area contributed by atoms with Crippen LogP contribution in [0.25, 0.3) is 0 Å². The van der Waals surface area contributed by atoms with Crippen LogP contribution in [0.4, 0.5) is 16.3 Å². The maximum atomic E-state index is 12.3. The van der Waals surface area contributed by atoms with Crippen LogP contribution in [0.15, 0.2) is 30.6 Å². The number of rotatable bonds is 4. The molecule has 1 aliphatic rings. The minimum absolute atomic E-state index is 0.129. The second-order valence-electron chi connectivity index (χ2n) is 6.26. The average molecular weight is 404 g/mol. The van der Waals surface area contributed by atoms with Gasteiger partial charge in [0, 0.05) is 5.02 Å². The Bertz CT molecular complexity index is 887. The molecule has 1 heterocycles. The van der Waals surface area contributed by atoms with Crippen LogP contribution in [0, 0.1) is 11.3 Å². The minimum atomic E-state index is -1.01. The van der Waals surface area contributed by atoms with Crippen LogP contribution in [0.5, 0.6) is 5.75 Å². The molecular weight excluding hydrogens is 386 g/mol. The first kappa shape index (κ1) is 19.8. The van der Waals surface area contributed by atoms with E-state index in [0.29, 0.717) is 29.3 Å². The summed E-state index contributed by atoms with van der Waals surface area (Å²) < 4.78 is 5.83. The lowest BCUT2D eigenvalue weighted by Gasteiger charge is -2.32. The number of aliphatic hydroxyl groups is 2. The van der Waals surface area contributed by atoms with Crippen molar-refractivity contribution in [3.63, 3.8) is 0 Å². The number of aromatic nitrogens is 2. The zero-order chi connectivity index (χ0) is 20.1. The molecule has 1 aromatic heterocycles. The van der Waals surface area contributed by atoms with Crippen molar-refractivity contribution < 1.29 is 19.7 Å². The minimum Gasteiger partial charge on any atom is -0.485 e. The Morgan fingerprint density at radius 3 is 2.79 bits per heavy atom. The van der Waals surface area contributed by atoms with Crippen LogP contribution >= 0.6 is 11.6 Å². The van der Waals surface area contributed by atoms with E-state index in [1.807, 2.05) is 6.07 Å². The Morgan fingerprint density at radius 2 is 2.07 bits per heavy atom. The smallest absolute Gasteiger partial charge is 0.325 e. The third kappa shape index (κ3) is 4.86. The number of nitrogens with zero attached hydrogens (tertiary/aromatic N) is 3. The summed E-state index contributed by atoms with van der Waals surface area (Å²) in [5.74, 6) is 0.468. The Kier molecular flexibility index (Phi) is 6.26. The normalized spacial score (nSPS) is 21.4. The molecule has 3 unspecified atom stereocenters. The molecule has 9 nitrogen and oxygen atoms in total. The van der Waals surface area contributed by atoms with Crippen molar-refractivity contribution >= 4 is 29.1 Å². The lowest BCUT2D eigenvalue weighted by molar-refractivity contribution is -0.0743. The molecular formula is C18H18ClN5O4. The van der Waals surface area contributed by atoms with Crippen molar-refractivity contribution in [2.24, 2.45) is 0 Å². The van der Waals surface area contributed by atoms with E-state index in [2.05, 4.69) is 20.6 Å². The topological polar surface area (TPSA) is 140 Å². The fraction of sp³-hybridized carbons (Fsp3) is 0.333. The molecule has 1 aromatic carbocycles. The van der Waals surface area contributed by atoms with Gasteiger partial charge in [-0.15, -0.1) is 0 Å². The SMILES string of the molecule is N#Cc1cnc(NC(=O)Nc2cc(Cl)ccc2OC2CCCC(O)C2O)cn1. The van der Waals surface area contributed by atoms with Gasteiger partial charge in [-0.2, -0.15) is 5.26 Å². The lowest BCUT2D eigenvalue weighted by Crippen LogP contribution is -2.44. The number of carbonyl (C=O) groups is 1. The molecule has 0 bridgehead atoms. The number of amides is 2. The van der Waals surface area contributed by atoms with E-state index in [1.54, 1.807) is 12.1 Å². The van der Waals surface area contributed by atoms with Crippen molar-refractivity contribution in [2.45, 2.75) is 37.6 Å². The third-order valence-corrected chi connectivity index (χ3v) is 4.47. The number of benzene rings is 1. The number of anilines is 2. The van der Waals surface area contributed by atoms with Crippen LogP contribution in [0.1, 0.15) is 25.0 Å². The van der Waals surface area contributed by atoms with E-state index in [4.69, 9.17) is 21.6 Å². The van der Waals surface area contributed by atoms with Crippen molar-refractivity contribution in [2.75, 3.05) is 10.6 Å². The third-order valence-electron chi connectivity index (χ3n) is 4.24. The van der Waals surface area contributed by atoms with Gasteiger partial charge in [0.05, 0.1) is 24.2 Å². The predicted octanol–water partition coefficient (Wildman–Crippen LogP) is 2.30. The van der Waals surface area contributed by atoms with E-state index in [1.165, 1.54) is 18.5 Å². The van der Waals surface area contributed by atoms with Gasteiger partial charge in [0.1, 0.15) is 24.0 Å². The molecule has 0 aliphatic heterocycles. The highest BCUT2D eigenvalue weighted by atomic mass is 35.5. The second kappa shape index (κ2) is 8.84. The number of aliphatic hydroxyl groups excluding tert-OH is 2.